The zero-order valence-electron chi connectivity index (χ0n) is 8.66. The van der Waals surface area contributed by atoms with E-state index in [1.165, 1.54) is 0 Å². The van der Waals surface area contributed by atoms with Gasteiger partial charge in [-0.05, 0) is 32.6 Å². The van der Waals surface area contributed by atoms with E-state index in [9.17, 15) is 8.42 Å². The summed E-state index contributed by atoms with van der Waals surface area (Å²) >= 11 is 0. The quantitative estimate of drug-likeness (QED) is 0.714. The van der Waals surface area contributed by atoms with Crippen LogP contribution in [0, 0.1) is 5.92 Å². The Bertz CT molecular complexity index is 219. The molecule has 3 nitrogen and oxygen atoms in total. The van der Waals surface area contributed by atoms with E-state index in [-0.39, 0.29) is 23.5 Å². The van der Waals surface area contributed by atoms with Crippen LogP contribution in [0.25, 0.3) is 0 Å². The number of aliphatic hydroxyl groups is 1. The van der Waals surface area contributed by atoms with Crippen LogP contribution in [0.4, 0.5) is 0 Å². The number of hydrogen-bond donors (Lipinski definition) is 1. The molecule has 0 aliphatic rings. The summed E-state index contributed by atoms with van der Waals surface area (Å²) in [5.74, 6) is 0.456. The van der Waals surface area contributed by atoms with Crippen molar-refractivity contribution < 1.29 is 13.5 Å². The third-order valence-corrected chi connectivity index (χ3v) is 4.45. The molecule has 0 saturated carbocycles. The zero-order valence-corrected chi connectivity index (χ0v) is 9.47. The third kappa shape index (κ3) is 5.26. The molecule has 0 amide bonds. The van der Waals surface area contributed by atoms with Crippen molar-refractivity contribution in [3.05, 3.63) is 0 Å². The highest BCUT2D eigenvalue weighted by atomic mass is 32.2. The molecule has 13 heavy (non-hydrogen) atoms. The molecule has 0 spiro atoms. The van der Waals surface area contributed by atoms with Gasteiger partial charge in [0.15, 0.2) is 9.84 Å². The highest BCUT2D eigenvalue weighted by Crippen LogP contribution is 2.09. The lowest BCUT2D eigenvalue weighted by Gasteiger charge is -2.09. The molecule has 0 aliphatic carbocycles. The van der Waals surface area contributed by atoms with E-state index in [1.54, 1.807) is 13.8 Å². The monoisotopic (exact) mass is 208 g/mol. The molecule has 1 N–H and O–H groups in total. The second-order valence-corrected chi connectivity index (χ2v) is 6.52. The van der Waals surface area contributed by atoms with Crippen LogP contribution in [-0.4, -0.2) is 31.1 Å². The van der Waals surface area contributed by atoms with E-state index in [1.807, 2.05) is 6.92 Å². The Balaban J connectivity index is 3.78. The maximum absolute atomic E-state index is 11.3. The van der Waals surface area contributed by atoms with Gasteiger partial charge < -0.3 is 5.11 Å². The number of sulfone groups is 1. The van der Waals surface area contributed by atoms with E-state index in [2.05, 4.69) is 0 Å². The predicted octanol–water partition coefficient (Wildman–Crippen LogP) is 1.22. The lowest BCUT2D eigenvalue weighted by Crippen LogP contribution is -2.18. The van der Waals surface area contributed by atoms with Gasteiger partial charge in [0.2, 0.25) is 0 Å². The Morgan fingerprint density at radius 1 is 1.23 bits per heavy atom. The molecule has 0 saturated heterocycles. The Morgan fingerprint density at radius 2 is 1.77 bits per heavy atom. The molecular weight excluding hydrogens is 188 g/mol. The normalized spacial score (nSPS) is 14.8. The van der Waals surface area contributed by atoms with Crippen molar-refractivity contribution in [2.75, 3.05) is 12.4 Å². The molecule has 0 aliphatic heterocycles. The molecule has 80 valence electrons. The Kier molecular flexibility index (Phi) is 5.56. The van der Waals surface area contributed by atoms with Crippen LogP contribution in [0.5, 0.6) is 0 Å². The lowest BCUT2D eigenvalue weighted by molar-refractivity contribution is 0.229. The second-order valence-electron chi connectivity index (χ2n) is 3.85. The summed E-state index contributed by atoms with van der Waals surface area (Å²) in [5, 5.41) is 8.44. The molecule has 0 heterocycles. The zero-order chi connectivity index (χ0) is 10.5. The first kappa shape index (κ1) is 12.9. The first-order valence-electron chi connectivity index (χ1n) is 4.72. The first-order chi connectivity index (χ1) is 5.90. The van der Waals surface area contributed by atoms with Gasteiger partial charge in [-0.1, -0.05) is 6.92 Å². The van der Waals surface area contributed by atoms with Crippen molar-refractivity contribution in [3.63, 3.8) is 0 Å². The van der Waals surface area contributed by atoms with Crippen LogP contribution < -0.4 is 0 Å². The molecule has 0 aromatic heterocycles. The maximum atomic E-state index is 11.3. The highest BCUT2D eigenvalue weighted by Gasteiger charge is 2.15. The Labute approximate surface area is 81.1 Å². The molecule has 0 aromatic rings. The molecular formula is C9H20O3S. The maximum Gasteiger partial charge on any atom is 0.152 e. The summed E-state index contributed by atoms with van der Waals surface area (Å²) in [7, 11) is -2.88. The van der Waals surface area contributed by atoms with E-state index in [4.69, 9.17) is 5.11 Å². The molecule has 0 radical (unpaired) electrons. The van der Waals surface area contributed by atoms with Crippen molar-refractivity contribution in [1.29, 1.82) is 0 Å². The van der Waals surface area contributed by atoms with Gasteiger partial charge in [-0.2, -0.15) is 0 Å². The summed E-state index contributed by atoms with van der Waals surface area (Å²) in [4.78, 5) is 0. The summed E-state index contributed by atoms with van der Waals surface area (Å²) in [6, 6.07) is 0. The summed E-state index contributed by atoms with van der Waals surface area (Å²) in [5.41, 5.74) is 0. The minimum atomic E-state index is -2.88. The standard InChI is InChI=1S/C9H20O3S/c1-8(2)13(11,12)6-4-5-9(3)7-10/h8-10H,4-7H2,1-3H3. The number of hydrogen-bond acceptors (Lipinski definition) is 3. The van der Waals surface area contributed by atoms with Crippen molar-refractivity contribution in [2.24, 2.45) is 5.92 Å². The fraction of sp³-hybridized carbons (Fsp3) is 1.00. The third-order valence-electron chi connectivity index (χ3n) is 2.16. The highest BCUT2D eigenvalue weighted by molar-refractivity contribution is 7.91. The lowest BCUT2D eigenvalue weighted by atomic mass is 10.1. The smallest absolute Gasteiger partial charge is 0.152 e. The first-order valence-corrected chi connectivity index (χ1v) is 6.44. The summed E-state index contributed by atoms with van der Waals surface area (Å²) in [6.07, 6.45) is 1.44. The topological polar surface area (TPSA) is 54.4 Å². The second kappa shape index (κ2) is 5.60. The van der Waals surface area contributed by atoms with Crippen molar-refractivity contribution in [2.45, 2.75) is 38.9 Å². The van der Waals surface area contributed by atoms with Crippen molar-refractivity contribution in [1.82, 2.24) is 0 Å². The number of rotatable bonds is 6. The average Bonchev–Trinajstić information content (AvgIpc) is 2.03. The number of aliphatic hydroxyl groups excluding tert-OH is 1. The van der Waals surface area contributed by atoms with E-state index < -0.39 is 9.84 Å². The van der Waals surface area contributed by atoms with Crippen molar-refractivity contribution >= 4 is 9.84 Å². The fourth-order valence-electron chi connectivity index (χ4n) is 0.960. The van der Waals surface area contributed by atoms with Gasteiger partial charge in [0, 0.05) is 6.61 Å². The molecule has 0 rings (SSSR count). The van der Waals surface area contributed by atoms with Crippen molar-refractivity contribution in [3.8, 4) is 0 Å². The Hall–Kier alpha value is -0.0900. The van der Waals surface area contributed by atoms with Gasteiger partial charge in [0.05, 0.1) is 11.0 Å². The van der Waals surface area contributed by atoms with Gasteiger partial charge in [0.25, 0.3) is 0 Å². The molecule has 0 fully saturated rings. The van der Waals surface area contributed by atoms with Crippen LogP contribution in [-0.2, 0) is 9.84 Å². The SMILES string of the molecule is CC(CO)CCCS(=O)(=O)C(C)C. The van der Waals surface area contributed by atoms with Gasteiger partial charge in [0.1, 0.15) is 0 Å². The molecule has 4 heteroatoms. The van der Waals surface area contributed by atoms with Crippen LogP contribution in [0.15, 0.2) is 0 Å². The van der Waals surface area contributed by atoms with E-state index >= 15 is 0 Å². The van der Waals surface area contributed by atoms with Crippen LogP contribution in [0.3, 0.4) is 0 Å². The molecule has 1 atom stereocenters. The van der Waals surface area contributed by atoms with Crippen LogP contribution >= 0.6 is 0 Å². The Morgan fingerprint density at radius 3 is 2.15 bits per heavy atom. The largest absolute Gasteiger partial charge is 0.396 e. The minimum Gasteiger partial charge on any atom is -0.396 e. The van der Waals surface area contributed by atoms with Gasteiger partial charge >= 0.3 is 0 Å². The van der Waals surface area contributed by atoms with Crippen LogP contribution in [0.2, 0.25) is 0 Å². The minimum absolute atomic E-state index is 0.141. The van der Waals surface area contributed by atoms with Gasteiger partial charge in [-0.25, -0.2) is 8.42 Å². The predicted molar refractivity (Wildman–Crippen MR) is 54.4 cm³/mol. The average molecular weight is 208 g/mol. The summed E-state index contributed by atoms with van der Waals surface area (Å²) < 4.78 is 22.7. The molecule has 0 aromatic carbocycles. The molecule has 1 unspecified atom stereocenters. The van der Waals surface area contributed by atoms with E-state index in [0.29, 0.717) is 6.42 Å². The van der Waals surface area contributed by atoms with Crippen LogP contribution in [0.1, 0.15) is 33.6 Å². The summed E-state index contributed by atoms with van der Waals surface area (Å²) in [6.45, 7) is 5.46. The molecule has 0 bridgehead atoms. The van der Waals surface area contributed by atoms with Gasteiger partial charge in [-0.15, -0.1) is 0 Å². The van der Waals surface area contributed by atoms with E-state index in [0.717, 1.165) is 6.42 Å². The van der Waals surface area contributed by atoms with Gasteiger partial charge in [-0.3, -0.25) is 0 Å². The fourth-order valence-corrected chi connectivity index (χ4v) is 2.00.